The highest BCUT2D eigenvalue weighted by Gasteiger charge is 2.12. The molecule has 102 valence electrons. The smallest absolute Gasteiger partial charge is 0.182 e. The summed E-state index contributed by atoms with van der Waals surface area (Å²) in [5, 5.41) is -0.0662. The van der Waals surface area contributed by atoms with Crippen LogP contribution in [-0.4, -0.2) is 9.55 Å². The molecule has 0 saturated heterocycles. The first-order chi connectivity index (χ1) is 9.47. The zero-order valence-corrected chi connectivity index (χ0v) is 14.2. The van der Waals surface area contributed by atoms with E-state index >= 15 is 0 Å². The van der Waals surface area contributed by atoms with E-state index in [-0.39, 0.29) is 10.0 Å². The number of nitrogens with one attached hydrogen (secondary N) is 1. The van der Waals surface area contributed by atoms with E-state index in [0.29, 0.717) is 10.5 Å². The average molecular weight is 439 g/mol. The van der Waals surface area contributed by atoms with Gasteiger partial charge in [0.05, 0.1) is 26.8 Å². The minimum Gasteiger partial charge on any atom is -0.330 e. The zero-order valence-electron chi connectivity index (χ0n) is 9.75. The third kappa shape index (κ3) is 2.36. The monoisotopic (exact) mass is 438 g/mol. The summed E-state index contributed by atoms with van der Waals surface area (Å²) in [5.41, 5.74) is 2.41. The second-order valence-electron chi connectivity index (χ2n) is 4.15. The normalized spacial score (nSPS) is 11.2. The van der Waals surface area contributed by atoms with Gasteiger partial charge in [0.1, 0.15) is 0 Å². The quantitative estimate of drug-likeness (QED) is 0.292. The fourth-order valence-electron chi connectivity index (χ4n) is 2.01. The third-order valence-electron chi connectivity index (χ3n) is 2.87. The van der Waals surface area contributed by atoms with Crippen LogP contribution in [0.15, 0.2) is 30.3 Å². The Bertz CT molecular complexity index is 865. The number of benzene rings is 2. The SMILES string of the molecule is Fc1c(Cl)cc(-n2c(=S)[nH]c3cc(I)ccc32)cc1Cl. The van der Waals surface area contributed by atoms with Crippen molar-refractivity contribution in [3.8, 4) is 5.69 Å². The van der Waals surface area contributed by atoms with Crippen LogP contribution in [0.25, 0.3) is 16.7 Å². The lowest BCUT2D eigenvalue weighted by molar-refractivity contribution is 0.628. The molecule has 0 aliphatic rings. The first-order valence-corrected chi connectivity index (χ1v) is 7.77. The Kier molecular flexibility index (Phi) is 3.79. The number of imidazole rings is 1. The average Bonchev–Trinajstić information content (AvgIpc) is 2.70. The highest BCUT2D eigenvalue weighted by atomic mass is 127. The second kappa shape index (κ2) is 5.29. The minimum absolute atomic E-state index is 0.0331. The molecule has 0 aliphatic heterocycles. The Morgan fingerprint density at radius 1 is 1.15 bits per heavy atom. The van der Waals surface area contributed by atoms with E-state index in [9.17, 15) is 4.39 Å². The molecule has 3 rings (SSSR count). The molecule has 0 amide bonds. The molecule has 2 nitrogen and oxygen atoms in total. The van der Waals surface area contributed by atoms with Gasteiger partial charge in [-0.3, -0.25) is 4.57 Å². The van der Waals surface area contributed by atoms with Crippen LogP contribution in [-0.2, 0) is 0 Å². The van der Waals surface area contributed by atoms with Crippen LogP contribution < -0.4 is 0 Å². The standard InChI is InChI=1S/C13H6Cl2FIN2S/c14-8-4-7(5-9(15)12(8)16)19-11-2-1-6(17)3-10(11)18-13(19)20/h1-5H,(H,18,20). The molecule has 3 aromatic rings. The fourth-order valence-corrected chi connectivity index (χ4v) is 3.29. The highest BCUT2D eigenvalue weighted by molar-refractivity contribution is 14.1. The molecule has 1 aromatic heterocycles. The number of aromatic nitrogens is 2. The molecule has 0 radical (unpaired) electrons. The predicted molar refractivity (Wildman–Crippen MR) is 91.2 cm³/mol. The van der Waals surface area contributed by atoms with Crippen LogP contribution in [0.5, 0.6) is 0 Å². The fraction of sp³-hybridized carbons (Fsp3) is 0. The number of rotatable bonds is 1. The van der Waals surface area contributed by atoms with Crippen LogP contribution in [0.3, 0.4) is 0 Å². The van der Waals surface area contributed by atoms with E-state index in [1.165, 1.54) is 12.1 Å². The van der Waals surface area contributed by atoms with Crippen molar-refractivity contribution >= 4 is 69.0 Å². The summed E-state index contributed by atoms with van der Waals surface area (Å²) >= 11 is 19.2. The van der Waals surface area contributed by atoms with E-state index in [4.69, 9.17) is 35.4 Å². The molecule has 0 bridgehead atoms. The van der Waals surface area contributed by atoms with Crippen LogP contribution in [0.2, 0.25) is 10.0 Å². The lowest BCUT2D eigenvalue weighted by Gasteiger charge is -2.07. The van der Waals surface area contributed by atoms with E-state index < -0.39 is 5.82 Å². The van der Waals surface area contributed by atoms with Crippen LogP contribution in [0.1, 0.15) is 0 Å². The van der Waals surface area contributed by atoms with Gasteiger partial charge in [0.25, 0.3) is 0 Å². The number of aromatic amines is 1. The molecular weight excluding hydrogens is 433 g/mol. The van der Waals surface area contributed by atoms with Crippen molar-refractivity contribution < 1.29 is 4.39 Å². The van der Waals surface area contributed by atoms with E-state index in [1.54, 1.807) is 4.57 Å². The Hall–Kier alpha value is -0.630. The molecule has 1 N–H and O–H groups in total. The summed E-state index contributed by atoms with van der Waals surface area (Å²) < 4.78 is 16.9. The van der Waals surface area contributed by atoms with Gasteiger partial charge in [-0.2, -0.15) is 0 Å². The van der Waals surface area contributed by atoms with Gasteiger partial charge in [0.2, 0.25) is 0 Å². The van der Waals surface area contributed by atoms with Crippen molar-refractivity contribution in [2.24, 2.45) is 0 Å². The molecule has 0 aliphatic carbocycles. The summed E-state index contributed by atoms with van der Waals surface area (Å²) in [6, 6.07) is 8.89. The summed E-state index contributed by atoms with van der Waals surface area (Å²) in [6.45, 7) is 0. The van der Waals surface area contributed by atoms with Crippen molar-refractivity contribution in [3.63, 3.8) is 0 Å². The summed E-state index contributed by atoms with van der Waals surface area (Å²) in [4.78, 5) is 3.11. The lowest BCUT2D eigenvalue weighted by atomic mass is 10.2. The number of H-pyrrole nitrogens is 1. The third-order valence-corrected chi connectivity index (χ3v) is 4.38. The maximum atomic E-state index is 13.5. The molecule has 1 heterocycles. The lowest BCUT2D eigenvalue weighted by Crippen LogP contribution is -1.95. The number of fused-ring (bicyclic) bond motifs is 1. The Morgan fingerprint density at radius 3 is 2.45 bits per heavy atom. The summed E-state index contributed by atoms with van der Waals surface area (Å²) in [6.07, 6.45) is 0. The van der Waals surface area contributed by atoms with Gasteiger partial charge < -0.3 is 4.98 Å². The Morgan fingerprint density at radius 2 is 1.80 bits per heavy atom. The molecular formula is C13H6Cl2FIN2S. The first-order valence-electron chi connectivity index (χ1n) is 5.52. The molecule has 0 spiro atoms. The molecule has 0 unspecified atom stereocenters. The highest BCUT2D eigenvalue weighted by Crippen LogP contribution is 2.29. The van der Waals surface area contributed by atoms with Gasteiger partial charge in [-0.05, 0) is 65.1 Å². The van der Waals surface area contributed by atoms with E-state index in [2.05, 4.69) is 27.6 Å². The predicted octanol–water partition coefficient (Wildman–Crippen LogP) is 5.74. The van der Waals surface area contributed by atoms with E-state index in [0.717, 1.165) is 14.6 Å². The van der Waals surface area contributed by atoms with Gasteiger partial charge in [0.15, 0.2) is 10.6 Å². The Labute approximate surface area is 142 Å². The van der Waals surface area contributed by atoms with Gasteiger partial charge >= 0.3 is 0 Å². The van der Waals surface area contributed by atoms with Crippen molar-refractivity contribution in [1.29, 1.82) is 0 Å². The Balaban J connectivity index is 2.35. The summed E-state index contributed by atoms with van der Waals surface area (Å²) in [7, 11) is 0. The topological polar surface area (TPSA) is 20.7 Å². The number of halogens is 4. The second-order valence-corrected chi connectivity index (χ2v) is 6.60. The molecule has 7 heteroatoms. The van der Waals surface area contributed by atoms with Gasteiger partial charge in [-0.15, -0.1) is 0 Å². The number of nitrogens with zero attached hydrogens (tertiary/aromatic N) is 1. The van der Waals surface area contributed by atoms with Crippen molar-refractivity contribution in [3.05, 3.63) is 54.5 Å². The van der Waals surface area contributed by atoms with Crippen molar-refractivity contribution in [1.82, 2.24) is 9.55 Å². The number of hydrogen-bond acceptors (Lipinski definition) is 1. The van der Waals surface area contributed by atoms with Crippen LogP contribution in [0, 0.1) is 14.2 Å². The first kappa shape index (κ1) is 14.3. The van der Waals surface area contributed by atoms with Crippen LogP contribution >= 0.6 is 58.0 Å². The molecule has 2 aromatic carbocycles. The largest absolute Gasteiger partial charge is 0.330 e. The van der Waals surface area contributed by atoms with Gasteiger partial charge in [-0.1, -0.05) is 23.2 Å². The molecule has 0 saturated carbocycles. The van der Waals surface area contributed by atoms with Crippen molar-refractivity contribution in [2.45, 2.75) is 0 Å². The van der Waals surface area contributed by atoms with Crippen molar-refractivity contribution in [2.75, 3.05) is 0 Å². The van der Waals surface area contributed by atoms with Gasteiger partial charge in [0, 0.05) is 3.57 Å². The number of hydrogen-bond donors (Lipinski definition) is 1. The molecule has 20 heavy (non-hydrogen) atoms. The maximum absolute atomic E-state index is 13.5. The zero-order chi connectivity index (χ0) is 14.4. The van der Waals surface area contributed by atoms with E-state index in [1.807, 2.05) is 18.2 Å². The summed E-state index contributed by atoms with van der Waals surface area (Å²) in [5.74, 6) is -0.627. The van der Waals surface area contributed by atoms with Gasteiger partial charge in [-0.25, -0.2) is 4.39 Å². The molecule has 0 atom stereocenters. The molecule has 0 fully saturated rings. The minimum atomic E-state index is -0.627. The van der Waals surface area contributed by atoms with Crippen LogP contribution in [0.4, 0.5) is 4.39 Å². The maximum Gasteiger partial charge on any atom is 0.182 e.